The van der Waals surface area contributed by atoms with E-state index in [1.54, 1.807) is 0 Å². The van der Waals surface area contributed by atoms with Crippen molar-refractivity contribution in [2.24, 2.45) is 0 Å². The third kappa shape index (κ3) is 4.83. The van der Waals surface area contributed by atoms with Crippen molar-refractivity contribution in [2.75, 3.05) is 31.1 Å². The predicted molar refractivity (Wildman–Crippen MR) is 88.1 cm³/mol. The van der Waals surface area contributed by atoms with Crippen LogP contribution in [-0.4, -0.2) is 37.3 Å². The van der Waals surface area contributed by atoms with Crippen LogP contribution in [0, 0.1) is 0 Å². The number of halogens is 1. The van der Waals surface area contributed by atoms with Crippen molar-refractivity contribution in [3.8, 4) is 0 Å². The highest BCUT2D eigenvalue weighted by Gasteiger charge is 2.19. The number of nitrogens with zero attached hydrogens (tertiary/aromatic N) is 2. The molecule has 0 spiro atoms. The van der Waals surface area contributed by atoms with Crippen LogP contribution in [0.15, 0.2) is 12.1 Å². The van der Waals surface area contributed by atoms with Crippen molar-refractivity contribution in [2.45, 2.75) is 45.8 Å². The molecule has 2 heterocycles. The highest BCUT2D eigenvalue weighted by molar-refractivity contribution is 6.31. The summed E-state index contributed by atoms with van der Waals surface area (Å²) in [6.07, 6.45) is 3.76. The van der Waals surface area contributed by atoms with E-state index in [9.17, 15) is 0 Å². The van der Waals surface area contributed by atoms with E-state index in [-0.39, 0.29) is 0 Å². The molecular weight excluding hydrogens is 286 g/mol. The van der Waals surface area contributed by atoms with Gasteiger partial charge in [-0.1, -0.05) is 18.5 Å². The molecule has 0 radical (unpaired) electrons. The lowest BCUT2D eigenvalue weighted by molar-refractivity contribution is 0.115. The summed E-state index contributed by atoms with van der Waals surface area (Å²) in [7, 11) is 0. The zero-order chi connectivity index (χ0) is 15.1. The third-order valence-corrected chi connectivity index (χ3v) is 4.12. The van der Waals surface area contributed by atoms with Gasteiger partial charge in [0.25, 0.3) is 0 Å². The molecule has 1 saturated heterocycles. The zero-order valence-electron chi connectivity index (χ0n) is 13.1. The summed E-state index contributed by atoms with van der Waals surface area (Å²) in [4.78, 5) is 7.01. The first-order valence-electron chi connectivity index (χ1n) is 7.97. The number of ether oxygens (including phenoxy) is 1. The largest absolute Gasteiger partial charge is 0.376 e. The van der Waals surface area contributed by atoms with Crippen molar-refractivity contribution in [3.63, 3.8) is 0 Å². The first-order valence-corrected chi connectivity index (χ1v) is 8.35. The summed E-state index contributed by atoms with van der Waals surface area (Å²) < 4.78 is 5.73. The second-order valence-corrected chi connectivity index (χ2v) is 5.86. The Morgan fingerprint density at radius 3 is 2.95 bits per heavy atom. The van der Waals surface area contributed by atoms with Gasteiger partial charge in [0.2, 0.25) is 0 Å². The van der Waals surface area contributed by atoms with E-state index in [0.29, 0.717) is 6.10 Å². The number of hydrogen-bond acceptors (Lipinski definition) is 4. The fraction of sp³-hybridized carbons (Fsp3) is 0.688. The molecule has 1 aliphatic rings. The number of nitrogens with one attached hydrogen (secondary N) is 1. The minimum Gasteiger partial charge on any atom is -0.376 e. The van der Waals surface area contributed by atoms with Gasteiger partial charge in [0.05, 0.1) is 16.8 Å². The molecule has 0 aromatic carbocycles. The molecule has 2 rings (SSSR count). The monoisotopic (exact) mass is 311 g/mol. The van der Waals surface area contributed by atoms with E-state index in [2.05, 4.69) is 24.1 Å². The van der Waals surface area contributed by atoms with E-state index >= 15 is 0 Å². The number of hydrogen-bond donors (Lipinski definition) is 1. The Kier molecular flexibility index (Phi) is 6.74. The van der Waals surface area contributed by atoms with Crippen LogP contribution in [0.1, 0.15) is 38.8 Å². The maximum atomic E-state index is 6.25. The van der Waals surface area contributed by atoms with Gasteiger partial charge in [-0.2, -0.15) is 0 Å². The quantitative estimate of drug-likeness (QED) is 0.748. The molecule has 21 heavy (non-hydrogen) atoms. The van der Waals surface area contributed by atoms with Crippen LogP contribution in [0.2, 0.25) is 5.02 Å². The molecule has 0 bridgehead atoms. The van der Waals surface area contributed by atoms with E-state index in [0.717, 1.165) is 62.2 Å². The lowest BCUT2D eigenvalue weighted by Gasteiger charge is -2.25. The molecule has 1 aliphatic heterocycles. The Morgan fingerprint density at radius 1 is 1.43 bits per heavy atom. The molecule has 118 valence electrons. The van der Waals surface area contributed by atoms with Gasteiger partial charge in [0, 0.05) is 26.2 Å². The molecule has 1 atom stereocenters. The molecule has 0 amide bonds. The van der Waals surface area contributed by atoms with Crippen LogP contribution in [-0.2, 0) is 11.3 Å². The second kappa shape index (κ2) is 8.57. The minimum absolute atomic E-state index is 0.337. The van der Waals surface area contributed by atoms with E-state index in [1.165, 1.54) is 6.42 Å². The first-order chi connectivity index (χ1) is 10.2. The first kappa shape index (κ1) is 16.5. The zero-order valence-corrected chi connectivity index (χ0v) is 13.8. The minimum atomic E-state index is 0.337. The van der Waals surface area contributed by atoms with E-state index in [4.69, 9.17) is 21.3 Å². The van der Waals surface area contributed by atoms with Crippen LogP contribution >= 0.6 is 11.6 Å². The summed E-state index contributed by atoms with van der Waals surface area (Å²) in [5.74, 6) is 0.991. The SMILES string of the molecule is CCCNCc1nc(N(CC)CC2CCCO2)ccc1Cl. The lowest BCUT2D eigenvalue weighted by Crippen LogP contribution is -2.33. The van der Waals surface area contributed by atoms with Crippen LogP contribution in [0.5, 0.6) is 0 Å². The summed E-state index contributed by atoms with van der Waals surface area (Å²) in [6, 6.07) is 3.95. The van der Waals surface area contributed by atoms with Gasteiger partial charge in [0.15, 0.2) is 0 Å². The Morgan fingerprint density at radius 2 is 2.29 bits per heavy atom. The van der Waals surface area contributed by atoms with Crippen molar-refractivity contribution in [1.29, 1.82) is 0 Å². The lowest BCUT2D eigenvalue weighted by atomic mass is 10.2. The molecule has 4 nitrogen and oxygen atoms in total. The number of aromatic nitrogens is 1. The summed E-state index contributed by atoms with van der Waals surface area (Å²) in [5.41, 5.74) is 0.924. The van der Waals surface area contributed by atoms with Gasteiger partial charge < -0.3 is 15.0 Å². The number of anilines is 1. The van der Waals surface area contributed by atoms with Crippen molar-refractivity contribution in [3.05, 3.63) is 22.8 Å². The van der Waals surface area contributed by atoms with Crippen molar-refractivity contribution in [1.82, 2.24) is 10.3 Å². The van der Waals surface area contributed by atoms with Crippen LogP contribution < -0.4 is 10.2 Å². The molecule has 1 N–H and O–H groups in total. The van der Waals surface area contributed by atoms with E-state index < -0.39 is 0 Å². The Labute approximate surface area is 132 Å². The molecule has 0 saturated carbocycles. The third-order valence-electron chi connectivity index (χ3n) is 3.78. The normalized spacial score (nSPS) is 18.1. The number of pyridine rings is 1. The summed E-state index contributed by atoms with van der Waals surface area (Å²) in [5, 5.41) is 4.09. The summed E-state index contributed by atoms with van der Waals surface area (Å²) in [6.45, 7) is 8.73. The van der Waals surface area contributed by atoms with Gasteiger partial charge >= 0.3 is 0 Å². The highest BCUT2D eigenvalue weighted by atomic mass is 35.5. The highest BCUT2D eigenvalue weighted by Crippen LogP contribution is 2.21. The number of likely N-dealkylation sites (N-methyl/N-ethyl adjacent to an activating group) is 1. The molecule has 0 aliphatic carbocycles. The average Bonchev–Trinajstić information content (AvgIpc) is 3.00. The van der Waals surface area contributed by atoms with Crippen molar-refractivity contribution < 1.29 is 4.74 Å². The molecule has 5 heteroatoms. The molecular formula is C16H26ClN3O. The van der Waals surface area contributed by atoms with Crippen LogP contribution in [0.25, 0.3) is 0 Å². The van der Waals surface area contributed by atoms with Crippen molar-refractivity contribution >= 4 is 17.4 Å². The predicted octanol–water partition coefficient (Wildman–Crippen LogP) is 3.24. The number of rotatable bonds is 8. The van der Waals surface area contributed by atoms with Gasteiger partial charge in [-0.3, -0.25) is 0 Å². The molecule has 1 aromatic heterocycles. The van der Waals surface area contributed by atoms with Crippen LogP contribution in [0.4, 0.5) is 5.82 Å². The van der Waals surface area contributed by atoms with Gasteiger partial charge in [-0.25, -0.2) is 4.98 Å². The summed E-state index contributed by atoms with van der Waals surface area (Å²) >= 11 is 6.25. The molecule has 1 fully saturated rings. The maximum Gasteiger partial charge on any atom is 0.129 e. The Balaban J connectivity index is 2.03. The van der Waals surface area contributed by atoms with Crippen LogP contribution in [0.3, 0.4) is 0 Å². The van der Waals surface area contributed by atoms with Gasteiger partial charge in [0.1, 0.15) is 5.82 Å². The fourth-order valence-corrected chi connectivity index (χ4v) is 2.75. The molecule has 1 aromatic rings. The second-order valence-electron chi connectivity index (χ2n) is 5.45. The standard InChI is InChI=1S/C16H26ClN3O/c1-3-9-18-11-15-14(17)7-8-16(19-15)20(4-2)12-13-6-5-10-21-13/h7-8,13,18H,3-6,9-12H2,1-2H3. The smallest absolute Gasteiger partial charge is 0.129 e. The van der Waals surface area contributed by atoms with Gasteiger partial charge in [-0.05, 0) is 44.9 Å². The molecule has 1 unspecified atom stereocenters. The average molecular weight is 312 g/mol. The Bertz CT molecular complexity index is 436. The Hall–Kier alpha value is -0.840. The fourth-order valence-electron chi connectivity index (χ4n) is 2.58. The maximum absolute atomic E-state index is 6.25. The topological polar surface area (TPSA) is 37.4 Å². The van der Waals surface area contributed by atoms with Gasteiger partial charge in [-0.15, -0.1) is 0 Å². The van der Waals surface area contributed by atoms with E-state index in [1.807, 2.05) is 12.1 Å².